The second-order valence-corrected chi connectivity index (χ2v) is 6.74. The van der Waals surface area contributed by atoms with E-state index in [4.69, 9.17) is 0 Å². The minimum Gasteiger partial charge on any atom is -0.338 e. The quantitative estimate of drug-likeness (QED) is 0.820. The SMILES string of the molecule is CC(C)C1CCN(C(=O)NCCCCn2ccccc2=O)CC1. The van der Waals surface area contributed by atoms with Crippen molar-refractivity contribution < 1.29 is 4.79 Å². The summed E-state index contributed by atoms with van der Waals surface area (Å²) >= 11 is 0. The number of likely N-dealkylation sites (tertiary alicyclic amines) is 1. The molecular formula is C18H29N3O2. The van der Waals surface area contributed by atoms with Crippen molar-refractivity contribution in [2.45, 2.75) is 46.1 Å². The molecule has 2 rings (SSSR count). The zero-order valence-corrected chi connectivity index (χ0v) is 14.3. The number of nitrogens with zero attached hydrogens (tertiary/aromatic N) is 2. The predicted octanol–water partition coefficient (Wildman–Crippen LogP) is 2.71. The number of piperidine rings is 1. The van der Waals surface area contributed by atoms with Crippen LogP contribution in [0.4, 0.5) is 4.79 Å². The molecule has 1 N–H and O–H groups in total. The standard InChI is InChI=1S/C18H29N3O2/c1-15(2)16-8-13-21(14-9-16)18(23)19-10-4-6-12-20-11-5-3-7-17(20)22/h3,5,7,11,15-16H,4,6,8-10,12-14H2,1-2H3,(H,19,23). The van der Waals surface area contributed by atoms with E-state index in [1.807, 2.05) is 11.0 Å². The van der Waals surface area contributed by atoms with E-state index in [0.29, 0.717) is 19.0 Å². The van der Waals surface area contributed by atoms with Gasteiger partial charge < -0.3 is 14.8 Å². The molecule has 2 heterocycles. The van der Waals surface area contributed by atoms with Crippen LogP contribution in [0.3, 0.4) is 0 Å². The number of aryl methyl sites for hydroxylation is 1. The summed E-state index contributed by atoms with van der Waals surface area (Å²) in [6.07, 6.45) is 5.80. The van der Waals surface area contributed by atoms with E-state index in [1.165, 1.54) is 0 Å². The van der Waals surface area contributed by atoms with Crippen LogP contribution >= 0.6 is 0 Å². The zero-order chi connectivity index (χ0) is 16.7. The Labute approximate surface area is 138 Å². The number of aromatic nitrogens is 1. The number of nitrogens with one attached hydrogen (secondary N) is 1. The fourth-order valence-electron chi connectivity index (χ4n) is 3.13. The van der Waals surface area contributed by atoms with Gasteiger partial charge in [-0.05, 0) is 43.6 Å². The molecule has 1 aliphatic rings. The molecule has 5 heteroatoms. The van der Waals surface area contributed by atoms with Gasteiger partial charge in [-0.1, -0.05) is 19.9 Å². The van der Waals surface area contributed by atoms with Crippen molar-refractivity contribution in [2.24, 2.45) is 11.8 Å². The number of rotatable bonds is 6. The van der Waals surface area contributed by atoms with Crippen LogP contribution < -0.4 is 10.9 Å². The Balaban J connectivity index is 1.60. The topological polar surface area (TPSA) is 54.3 Å². The lowest BCUT2D eigenvalue weighted by atomic mass is 9.87. The Kier molecular flexibility index (Phi) is 6.68. The molecule has 0 bridgehead atoms. The van der Waals surface area contributed by atoms with E-state index in [9.17, 15) is 9.59 Å². The van der Waals surface area contributed by atoms with Crippen LogP contribution in [-0.4, -0.2) is 35.1 Å². The molecule has 0 saturated carbocycles. The van der Waals surface area contributed by atoms with Gasteiger partial charge in [-0.3, -0.25) is 4.79 Å². The van der Waals surface area contributed by atoms with E-state index >= 15 is 0 Å². The molecule has 0 atom stereocenters. The Morgan fingerprint density at radius 1 is 1.26 bits per heavy atom. The fourth-order valence-corrected chi connectivity index (χ4v) is 3.13. The normalized spacial score (nSPS) is 15.9. The maximum absolute atomic E-state index is 12.1. The third-order valence-electron chi connectivity index (χ3n) is 4.77. The lowest BCUT2D eigenvalue weighted by Gasteiger charge is -2.33. The summed E-state index contributed by atoms with van der Waals surface area (Å²) in [5, 5.41) is 3.00. The van der Waals surface area contributed by atoms with E-state index in [1.54, 1.807) is 22.9 Å². The molecule has 2 amide bonds. The van der Waals surface area contributed by atoms with Crippen LogP contribution in [0, 0.1) is 11.8 Å². The molecule has 5 nitrogen and oxygen atoms in total. The van der Waals surface area contributed by atoms with Crippen LogP contribution in [0.2, 0.25) is 0 Å². The summed E-state index contributed by atoms with van der Waals surface area (Å²) in [7, 11) is 0. The average Bonchev–Trinajstić information content (AvgIpc) is 2.56. The minimum absolute atomic E-state index is 0.0320. The van der Waals surface area contributed by atoms with Crippen LogP contribution in [0.1, 0.15) is 39.5 Å². The van der Waals surface area contributed by atoms with E-state index in [0.717, 1.165) is 44.7 Å². The second-order valence-electron chi connectivity index (χ2n) is 6.74. The Morgan fingerprint density at radius 3 is 2.65 bits per heavy atom. The van der Waals surface area contributed by atoms with Crippen molar-refractivity contribution in [1.82, 2.24) is 14.8 Å². The maximum atomic E-state index is 12.1. The fraction of sp³-hybridized carbons (Fsp3) is 0.667. The van der Waals surface area contributed by atoms with Crippen LogP contribution in [0.25, 0.3) is 0 Å². The summed E-state index contributed by atoms with van der Waals surface area (Å²) in [6, 6.07) is 5.25. The first-order chi connectivity index (χ1) is 11.1. The molecule has 1 saturated heterocycles. The first kappa shape index (κ1) is 17.6. The highest BCUT2D eigenvalue weighted by atomic mass is 16.2. The average molecular weight is 319 g/mol. The number of urea groups is 1. The van der Waals surface area contributed by atoms with Gasteiger partial charge in [0.25, 0.3) is 0 Å². The summed E-state index contributed by atoms with van der Waals surface area (Å²) in [5.41, 5.74) is 0.0320. The van der Waals surface area contributed by atoms with E-state index in [2.05, 4.69) is 19.2 Å². The van der Waals surface area contributed by atoms with Crippen molar-refractivity contribution in [1.29, 1.82) is 0 Å². The molecule has 1 fully saturated rings. The summed E-state index contributed by atoms with van der Waals surface area (Å²) in [4.78, 5) is 25.6. The number of hydrogen-bond donors (Lipinski definition) is 1. The smallest absolute Gasteiger partial charge is 0.317 e. The first-order valence-electron chi connectivity index (χ1n) is 8.76. The van der Waals surface area contributed by atoms with Crippen LogP contribution in [0.15, 0.2) is 29.2 Å². The number of pyridine rings is 1. The number of carbonyl (C=O) groups excluding carboxylic acids is 1. The minimum atomic E-state index is 0.0320. The van der Waals surface area contributed by atoms with Gasteiger partial charge in [-0.25, -0.2) is 4.79 Å². The van der Waals surface area contributed by atoms with Crippen molar-refractivity contribution in [3.63, 3.8) is 0 Å². The largest absolute Gasteiger partial charge is 0.338 e. The molecule has 1 aromatic rings. The third kappa shape index (κ3) is 5.41. The van der Waals surface area contributed by atoms with Crippen molar-refractivity contribution in [2.75, 3.05) is 19.6 Å². The molecule has 0 unspecified atom stereocenters. The summed E-state index contributed by atoms with van der Waals surface area (Å²) in [5.74, 6) is 1.46. The molecule has 0 spiro atoms. The van der Waals surface area contributed by atoms with Gasteiger partial charge in [-0.2, -0.15) is 0 Å². The number of unbranched alkanes of at least 4 members (excludes halogenated alkanes) is 1. The zero-order valence-electron chi connectivity index (χ0n) is 14.3. The first-order valence-corrected chi connectivity index (χ1v) is 8.76. The maximum Gasteiger partial charge on any atom is 0.317 e. The summed E-state index contributed by atoms with van der Waals surface area (Å²) in [6.45, 7) is 7.64. The molecule has 1 aromatic heterocycles. The summed E-state index contributed by atoms with van der Waals surface area (Å²) < 4.78 is 1.71. The second kappa shape index (κ2) is 8.75. The van der Waals surface area contributed by atoms with Crippen molar-refractivity contribution in [3.05, 3.63) is 34.7 Å². The van der Waals surface area contributed by atoms with Crippen molar-refractivity contribution >= 4 is 6.03 Å². The highest BCUT2D eigenvalue weighted by molar-refractivity contribution is 5.74. The highest BCUT2D eigenvalue weighted by Crippen LogP contribution is 2.24. The van der Waals surface area contributed by atoms with Gasteiger partial charge in [0.15, 0.2) is 0 Å². The molecule has 0 aromatic carbocycles. The van der Waals surface area contributed by atoms with Gasteiger partial charge in [0.05, 0.1) is 0 Å². The van der Waals surface area contributed by atoms with Gasteiger partial charge in [0, 0.05) is 38.4 Å². The van der Waals surface area contributed by atoms with Crippen molar-refractivity contribution in [3.8, 4) is 0 Å². The van der Waals surface area contributed by atoms with Gasteiger partial charge in [0.2, 0.25) is 5.56 Å². The van der Waals surface area contributed by atoms with Crippen LogP contribution in [-0.2, 0) is 6.54 Å². The highest BCUT2D eigenvalue weighted by Gasteiger charge is 2.24. The molecule has 0 radical (unpaired) electrons. The van der Waals surface area contributed by atoms with E-state index < -0.39 is 0 Å². The Morgan fingerprint density at radius 2 is 2.00 bits per heavy atom. The third-order valence-corrected chi connectivity index (χ3v) is 4.77. The molecule has 1 aliphatic heterocycles. The molecule has 0 aliphatic carbocycles. The van der Waals surface area contributed by atoms with Gasteiger partial charge in [-0.15, -0.1) is 0 Å². The molecular weight excluding hydrogens is 290 g/mol. The number of hydrogen-bond acceptors (Lipinski definition) is 2. The number of amides is 2. The van der Waals surface area contributed by atoms with Gasteiger partial charge in [0.1, 0.15) is 0 Å². The monoisotopic (exact) mass is 319 g/mol. The molecule has 128 valence electrons. The Hall–Kier alpha value is -1.78. The van der Waals surface area contributed by atoms with Gasteiger partial charge >= 0.3 is 6.03 Å². The Bertz CT molecular complexity index is 545. The number of carbonyl (C=O) groups is 1. The van der Waals surface area contributed by atoms with Crippen LogP contribution in [0.5, 0.6) is 0 Å². The lowest BCUT2D eigenvalue weighted by molar-refractivity contribution is 0.156. The van der Waals surface area contributed by atoms with E-state index in [-0.39, 0.29) is 11.6 Å². The predicted molar refractivity (Wildman–Crippen MR) is 92.5 cm³/mol. The molecule has 23 heavy (non-hydrogen) atoms. The lowest BCUT2D eigenvalue weighted by Crippen LogP contribution is -2.45.